The summed E-state index contributed by atoms with van der Waals surface area (Å²) < 4.78 is 39.1. The Morgan fingerprint density at radius 3 is 2.28 bits per heavy atom. The molecule has 0 aliphatic carbocycles. The molecule has 2 aromatic rings. The zero-order chi connectivity index (χ0) is 13.5. The number of rotatable bonds is 1. The number of benzene rings is 1. The lowest BCUT2D eigenvalue weighted by Gasteiger charge is -2.09. The highest BCUT2D eigenvalue weighted by Gasteiger charge is 2.34. The lowest BCUT2D eigenvalue weighted by molar-refractivity contribution is -0.141. The highest BCUT2D eigenvalue weighted by atomic mass is 19.4. The first-order valence-corrected chi connectivity index (χ1v) is 5.50. The topological polar surface area (TPSA) is 17.8 Å². The van der Waals surface area contributed by atoms with E-state index < -0.39 is 11.9 Å². The molecule has 0 fully saturated rings. The molecular weight excluding hydrogens is 241 g/mol. The first-order chi connectivity index (χ1) is 8.29. The summed E-state index contributed by atoms with van der Waals surface area (Å²) in [5, 5.41) is 3.64. The molecule has 0 saturated carbocycles. The van der Waals surface area contributed by atoms with Crippen LogP contribution in [0, 0.1) is 20.8 Å². The first kappa shape index (κ1) is 12.7. The first-order valence-electron chi connectivity index (χ1n) is 5.50. The van der Waals surface area contributed by atoms with Crippen LogP contribution in [-0.4, -0.2) is 9.78 Å². The van der Waals surface area contributed by atoms with Crippen molar-refractivity contribution in [3.05, 3.63) is 46.8 Å². The fourth-order valence-corrected chi connectivity index (χ4v) is 1.80. The van der Waals surface area contributed by atoms with Gasteiger partial charge >= 0.3 is 6.18 Å². The number of nitrogens with zero attached hydrogens (tertiary/aromatic N) is 2. The van der Waals surface area contributed by atoms with Gasteiger partial charge in [-0.15, -0.1) is 0 Å². The zero-order valence-corrected chi connectivity index (χ0v) is 10.3. The monoisotopic (exact) mass is 254 g/mol. The summed E-state index contributed by atoms with van der Waals surface area (Å²) in [6.45, 7) is 5.36. The molecule has 0 aliphatic heterocycles. The van der Waals surface area contributed by atoms with Gasteiger partial charge in [0.2, 0.25) is 0 Å². The second-order valence-electron chi connectivity index (χ2n) is 4.37. The minimum Gasteiger partial charge on any atom is -0.237 e. The normalized spacial score (nSPS) is 11.9. The van der Waals surface area contributed by atoms with E-state index in [1.165, 1.54) is 4.68 Å². The van der Waals surface area contributed by atoms with Gasteiger partial charge in [0, 0.05) is 5.69 Å². The van der Waals surface area contributed by atoms with Gasteiger partial charge in [-0.25, -0.2) is 4.68 Å². The van der Waals surface area contributed by atoms with Crippen LogP contribution in [0.1, 0.15) is 22.5 Å². The number of hydrogen-bond donors (Lipinski definition) is 0. The molecule has 96 valence electrons. The molecule has 5 heteroatoms. The Hall–Kier alpha value is -1.78. The summed E-state index contributed by atoms with van der Waals surface area (Å²) in [6, 6.07) is 6.68. The molecule has 1 aromatic heterocycles. The van der Waals surface area contributed by atoms with Crippen LogP contribution in [0.2, 0.25) is 0 Å². The van der Waals surface area contributed by atoms with Crippen molar-refractivity contribution in [3.63, 3.8) is 0 Å². The molecule has 0 N–H and O–H groups in total. The van der Waals surface area contributed by atoms with Gasteiger partial charge in [0.25, 0.3) is 0 Å². The van der Waals surface area contributed by atoms with Gasteiger partial charge in [-0.2, -0.15) is 18.3 Å². The van der Waals surface area contributed by atoms with E-state index >= 15 is 0 Å². The summed E-state index contributed by atoms with van der Waals surface area (Å²) >= 11 is 0. The summed E-state index contributed by atoms with van der Waals surface area (Å²) in [4.78, 5) is 0. The highest BCUT2D eigenvalue weighted by Crippen LogP contribution is 2.29. The Morgan fingerprint density at radius 1 is 1.06 bits per heavy atom. The fourth-order valence-electron chi connectivity index (χ4n) is 1.80. The van der Waals surface area contributed by atoms with Crippen molar-refractivity contribution in [2.75, 3.05) is 0 Å². The van der Waals surface area contributed by atoms with Gasteiger partial charge in [0.05, 0.1) is 5.69 Å². The van der Waals surface area contributed by atoms with E-state index in [1.807, 2.05) is 32.0 Å². The van der Waals surface area contributed by atoms with E-state index in [2.05, 4.69) is 5.10 Å². The van der Waals surface area contributed by atoms with E-state index in [0.29, 0.717) is 11.4 Å². The van der Waals surface area contributed by atoms with Crippen molar-refractivity contribution >= 4 is 0 Å². The molecule has 0 amide bonds. The summed E-state index contributed by atoms with van der Waals surface area (Å²) in [6.07, 6.45) is -4.41. The van der Waals surface area contributed by atoms with Crippen LogP contribution in [0.5, 0.6) is 0 Å². The molecule has 0 aliphatic rings. The van der Waals surface area contributed by atoms with Crippen molar-refractivity contribution in [1.82, 2.24) is 9.78 Å². The zero-order valence-electron chi connectivity index (χ0n) is 10.3. The third-order valence-corrected chi connectivity index (χ3v) is 2.77. The number of alkyl halides is 3. The van der Waals surface area contributed by atoms with E-state index in [-0.39, 0.29) is 0 Å². The van der Waals surface area contributed by atoms with Crippen LogP contribution in [0.15, 0.2) is 24.3 Å². The van der Waals surface area contributed by atoms with Crippen LogP contribution >= 0.6 is 0 Å². The predicted octanol–water partition coefficient (Wildman–Crippen LogP) is 3.82. The van der Waals surface area contributed by atoms with E-state index in [1.54, 1.807) is 6.92 Å². The van der Waals surface area contributed by atoms with Gasteiger partial charge in [0.1, 0.15) is 0 Å². The molecule has 2 nitrogen and oxygen atoms in total. The summed E-state index contributed by atoms with van der Waals surface area (Å²) in [5.74, 6) is 0. The maximum atomic E-state index is 12.6. The quantitative estimate of drug-likeness (QED) is 0.756. The molecule has 0 radical (unpaired) electrons. The lowest BCUT2D eigenvalue weighted by atomic mass is 10.1. The number of hydrogen-bond acceptors (Lipinski definition) is 1. The second-order valence-corrected chi connectivity index (χ2v) is 4.37. The Bertz CT molecular complexity index is 582. The Kier molecular flexibility index (Phi) is 2.92. The van der Waals surface area contributed by atoms with Gasteiger partial charge < -0.3 is 0 Å². The number of aromatic nitrogens is 2. The van der Waals surface area contributed by atoms with E-state index in [4.69, 9.17) is 0 Å². The maximum absolute atomic E-state index is 12.6. The fraction of sp³-hybridized carbons (Fsp3) is 0.308. The third kappa shape index (κ3) is 2.25. The van der Waals surface area contributed by atoms with Crippen LogP contribution in [-0.2, 0) is 6.18 Å². The smallest absolute Gasteiger partial charge is 0.237 e. The average Bonchev–Trinajstić information content (AvgIpc) is 2.64. The van der Waals surface area contributed by atoms with Gasteiger partial charge in [-0.3, -0.25) is 0 Å². The molecule has 2 rings (SSSR count). The van der Waals surface area contributed by atoms with Gasteiger partial charge in [-0.05, 0) is 44.0 Å². The standard InChI is InChI=1S/C13H13F3N2/c1-8-4-5-9(2)11(6-8)18-10(3)7-12(17-18)13(14,15)16/h4-7H,1-3H3. The summed E-state index contributed by atoms with van der Waals surface area (Å²) in [7, 11) is 0. The lowest BCUT2D eigenvalue weighted by Crippen LogP contribution is -2.08. The van der Waals surface area contributed by atoms with Gasteiger partial charge in [-0.1, -0.05) is 12.1 Å². The minimum atomic E-state index is -4.41. The van der Waals surface area contributed by atoms with Crippen molar-refractivity contribution < 1.29 is 13.2 Å². The Balaban J connectivity index is 2.58. The molecule has 0 unspecified atom stereocenters. The Labute approximate surface area is 103 Å². The van der Waals surface area contributed by atoms with Crippen LogP contribution in [0.25, 0.3) is 5.69 Å². The minimum absolute atomic E-state index is 0.469. The highest BCUT2D eigenvalue weighted by molar-refractivity contribution is 5.43. The van der Waals surface area contributed by atoms with E-state index in [0.717, 1.165) is 17.2 Å². The molecular formula is C13H13F3N2. The number of halogens is 3. The van der Waals surface area contributed by atoms with Crippen molar-refractivity contribution in [2.45, 2.75) is 26.9 Å². The molecule has 18 heavy (non-hydrogen) atoms. The Morgan fingerprint density at radius 2 is 1.72 bits per heavy atom. The van der Waals surface area contributed by atoms with Crippen LogP contribution in [0.3, 0.4) is 0 Å². The maximum Gasteiger partial charge on any atom is 0.435 e. The third-order valence-electron chi connectivity index (χ3n) is 2.77. The van der Waals surface area contributed by atoms with Crippen molar-refractivity contribution in [3.8, 4) is 5.69 Å². The molecule has 0 bridgehead atoms. The molecule has 1 aromatic carbocycles. The average molecular weight is 254 g/mol. The van der Waals surface area contributed by atoms with E-state index in [9.17, 15) is 13.2 Å². The molecule has 0 atom stereocenters. The largest absolute Gasteiger partial charge is 0.435 e. The predicted molar refractivity (Wildman–Crippen MR) is 62.8 cm³/mol. The van der Waals surface area contributed by atoms with Crippen LogP contribution < -0.4 is 0 Å². The molecule has 0 spiro atoms. The summed E-state index contributed by atoms with van der Waals surface area (Å²) in [5.41, 5.74) is 2.17. The molecule has 1 heterocycles. The van der Waals surface area contributed by atoms with Crippen molar-refractivity contribution in [1.29, 1.82) is 0 Å². The van der Waals surface area contributed by atoms with Crippen molar-refractivity contribution in [2.24, 2.45) is 0 Å². The number of aryl methyl sites for hydroxylation is 3. The molecule has 0 saturated heterocycles. The van der Waals surface area contributed by atoms with Crippen LogP contribution in [0.4, 0.5) is 13.2 Å². The van der Waals surface area contributed by atoms with Gasteiger partial charge in [0.15, 0.2) is 5.69 Å². The SMILES string of the molecule is Cc1ccc(C)c(-n2nc(C(F)(F)F)cc2C)c1. The second kappa shape index (κ2) is 4.15.